The predicted molar refractivity (Wildman–Crippen MR) is 164 cm³/mol. The van der Waals surface area contributed by atoms with Crippen LogP contribution in [0.15, 0.2) is 67.3 Å². The van der Waals surface area contributed by atoms with Crippen molar-refractivity contribution < 1.29 is 12.8 Å². The number of nitrogens with one attached hydrogen (secondary N) is 2. The molecular weight excluding hydrogens is 567 g/mol. The van der Waals surface area contributed by atoms with Crippen LogP contribution >= 0.6 is 0 Å². The van der Waals surface area contributed by atoms with Gasteiger partial charge in [-0.15, -0.1) is 0 Å². The third kappa shape index (κ3) is 5.76. The molecule has 1 aromatic carbocycles. The number of nitrogens with two attached hydrogens (primary N) is 1. The number of rotatable bonds is 8. The molecule has 0 spiro atoms. The van der Waals surface area contributed by atoms with Gasteiger partial charge < -0.3 is 4.98 Å². The van der Waals surface area contributed by atoms with E-state index < -0.39 is 15.8 Å². The number of primary sulfonamides is 1. The van der Waals surface area contributed by atoms with Gasteiger partial charge in [0, 0.05) is 52.6 Å². The number of aromatic amines is 2. The first-order chi connectivity index (χ1) is 20.8. The number of halogens is 1. The Bertz CT molecular complexity index is 2080. The number of hydrogen-bond donors (Lipinski definition) is 3. The molecule has 6 aromatic rings. The highest BCUT2D eigenvalue weighted by Gasteiger charge is 2.17. The second-order valence-corrected chi connectivity index (χ2v) is 12.8. The van der Waals surface area contributed by atoms with Crippen molar-refractivity contribution >= 4 is 31.8 Å². The van der Waals surface area contributed by atoms with Gasteiger partial charge in [-0.1, -0.05) is 0 Å². The molecule has 0 unspecified atom stereocenters. The summed E-state index contributed by atoms with van der Waals surface area (Å²) >= 11 is 0. The van der Waals surface area contributed by atoms with Crippen LogP contribution in [0.3, 0.4) is 0 Å². The Morgan fingerprint density at radius 1 is 0.884 bits per heavy atom. The quantitative estimate of drug-likeness (QED) is 0.229. The normalized spacial score (nSPS) is 14.3. The number of nitrogens with zero attached hydrogens (tertiary/aromatic N) is 5. The standard InChI is InChI=1S/C31H29FN8O2S/c32-23-11-19(4-8-43(33,41)42)9-21(12-23)30-24-14-28(37-26(24)3-5-35-30)31-25-13-27(36-17-29(25)38-39-31)22-10-20(15-34-16-22)18-40-6-1-2-7-40/h3,5,9-17,37H,1-2,4,6-8,18H2,(H,38,39)(H2,33,41,42). The minimum absolute atomic E-state index is 0.101. The molecule has 43 heavy (non-hydrogen) atoms. The maximum absolute atomic E-state index is 14.6. The molecule has 0 aliphatic carbocycles. The van der Waals surface area contributed by atoms with Crippen molar-refractivity contribution in [2.24, 2.45) is 5.14 Å². The fraction of sp³-hybridized carbons (Fsp3) is 0.226. The van der Waals surface area contributed by atoms with Gasteiger partial charge in [0.15, 0.2) is 0 Å². The molecule has 1 fully saturated rings. The van der Waals surface area contributed by atoms with Gasteiger partial charge in [-0.3, -0.25) is 25.0 Å². The van der Waals surface area contributed by atoms with E-state index in [-0.39, 0.29) is 12.2 Å². The van der Waals surface area contributed by atoms with E-state index in [1.165, 1.54) is 25.0 Å². The monoisotopic (exact) mass is 596 g/mol. The lowest BCUT2D eigenvalue weighted by molar-refractivity contribution is 0.331. The first-order valence-electron chi connectivity index (χ1n) is 14.1. The number of aromatic nitrogens is 6. The number of pyridine rings is 3. The second kappa shape index (κ2) is 11.0. The lowest BCUT2D eigenvalue weighted by Crippen LogP contribution is -2.18. The summed E-state index contributed by atoms with van der Waals surface area (Å²) in [5.41, 5.74) is 7.62. The van der Waals surface area contributed by atoms with Crippen molar-refractivity contribution in [3.8, 4) is 33.9 Å². The van der Waals surface area contributed by atoms with Crippen molar-refractivity contribution in [3.05, 3.63) is 84.2 Å². The van der Waals surface area contributed by atoms with E-state index in [1.807, 2.05) is 30.6 Å². The van der Waals surface area contributed by atoms with Gasteiger partial charge in [0.25, 0.3) is 0 Å². The number of sulfonamides is 1. The zero-order chi connectivity index (χ0) is 29.6. The van der Waals surface area contributed by atoms with E-state index in [4.69, 9.17) is 5.14 Å². The van der Waals surface area contributed by atoms with Crippen LogP contribution in [0.5, 0.6) is 0 Å². The lowest BCUT2D eigenvalue weighted by Gasteiger charge is -2.14. The number of benzene rings is 1. The predicted octanol–water partition coefficient (Wildman–Crippen LogP) is 4.80. The van der Waals surface area contributed by atoms with Crippen LogP contribution in [0.25, 0.3) is 55.7 Å². The van der Waals surface area contributed by atoms with Gasteiger partial charge in [-0.05, 0) is 85.9 Å². The summed E-state index contributed by atoms with van der Waals surface area (Å²) in [7, 11) is -3.68. The molecule has 0 radical (unpaired) electrons. The Balaban J connectivity index is 1.24. The minimum Gasteiger partial charge on any atom is -0.353 e. The fourth-order valence-corrected chi connectivity index (χ4v) is 6.32. The van der Waals surface area contributed by atoms with Crippen LogP contribution in [0.2, 0.25) is 0 Å². The Hall–Kier alpha value is -4.52. The van der Waals surface area contributed by atoms with Gasteiger partial charge in [0.1, 0.15) is 11.5 Å². The van der Waals surface area contributed by atoms with Crippen LogP contribution in [0.1, 0.15) is 24.0 Å². The summed E-state index contributed by atoms with van der Waals surface area (Å²) < 4.78 is 37.5. The van der Waals surface area contributed by atoms with Gasteiger partial charge in [-0.25, -0.2) is 17.9 Å². The number of H-pyrrole nitrogens is 2. The number of aryl methyl sites for hydroxylation is 1. The molecule has 7 rings (SSSR count). The maximum Gasteiger partial charge on any atom is 0.209 e. The highest BCUT2D eigenvalue weighted by molar-refractivity contribution is 7.89. The SMILES string of the molecule is NS(=O)(=O)CCc1cc(F)cc(-c2nccc3[nH]c(-c4n[nH]c5cnc(-c6cncc(CN7CCCC7)c6)cc45)cc23)c1. The topological polar surface area (TPSA) is 147 Å². The molecule has 5 aromatic heterocycles. The molecule has 6 heterocycles. The summed E-state index contributed by atoms with van der Waals surface area (Å²) in [6.07, 6.45) is 9.76. The van der Waals surface area contributed by atoms with Crippen molar-refractivity contribution in [3.63, 3.8) is 0 Å². The zero-order valence-electron chi connectivity index (χ0n) is 23.2. The van der Waals surface area contributed by atoms with Gasteiger partial charge in [0.2, 0.25) is 10.0 Å². The Kier molecular flexibility index (Phi) is 6.96. The van der Waals surface area contributed by atoms with E-state index in [0.29, 0.717) is 16.8 Å². The van der Waals surface area contributed by atoms with Crippen LogP contribution in [0, 0.1) is 5.82 Å². The Morgan fingerprint density at radius 2 is 1.70 bits per heavy atom. The molecule has 1 saturated heterocycles. The second-order valence-electron chi connectivity index (χ2n) is 11.0. The molecule has 0 amide bonds. The van der Waals surface area contributed by atoms with Crippen LogP contribution < -0.4 is 5.14 Å². The lowest BCUT2D eigenvalue weighted by atomic mass is 10.0. The zero-order valence-corrected chi connectivity index (χ0v) is 24.0. The smallest absolute Gasteiger partial charge is 0.209 e. The van der Waals surface area contributed by atoms with Crippen LogP contribution in [-0.4, -0.2) is 62.3 Å². The van der Waals surface area contributed by atoms with Crippen LogP contribution in [0.4, 0.5) is 4.39 Å². The van der Waals surface area contributed by atoms with Crippen molar-refractivity contribution in [2.45, 2.75) is 25.8 Å². The Morgan fingerprint density at radius 3 is 2.53 bits per heavy atom. The van der Waals surface area contributed by atoms with Crippen LogP contribution in [-0.2, 0) is 23.0 Å². The highest BCUT2D eigenvalue weighted by atomic mass is 32.2. The van der Waals surface area contributed by atoms with Crippen molar-refractivity contribution in [1.82, 2.24) is 35.0 Å². The first-order valence-corrected chi connectivity index (χ1v) is 15.8. The number of likely N-dealkylation sites (tertiary alicyclic amines) is 1. The molecule has 0 bridgehead atoms. The van der Waals surface area contributed by atoms with E-state index in [9.17, 15) is 12.8 Å². The van der Waals surface area contributed by atoms with Crippen molar-refractivity contribution in [1.29, 1.82) is 0 Å². The average molecular weight is 597 g/mol. The van der Waals surface area contributed by atoms with E-state index in [1.54, 1.807) is 18.5 Å². The molecule has 0 atom stereocenters. The largest absolute Gasteiger partial charge is 0.353 e. The number of fused-ring (bicyclic) bond motifs is 2. The van der Waals surface area contributed by atoms with E-state index >= 15 is 0 Å². The Labute approximate surface area is 247 Å². The summed E-state index contributed by atoms with van der Waals surface area (Å²) in [6, 6.07) is 12.4. The third-order valence-electron chi connectivity index (χ3n) is 7.85. The molecule has 0 saturated carbocycles. The first kappa shape index (κ1) is 27.3. The molecule has 10 nitrogen and oxygen atoms in total. The number of hydrogen-bond acceptors (Lipinski definition) is 7. The molecule has 218 valence electrons. The molecular formula is C31H29FN8O2S. The molecule has 1 aliphatic heterocycles. The van der Waals surface area contributed by atoms with E-state index in [2.05, 4.69) is 41.1 Å². The summed E-state index contributed by atoms with van der Waals surface area (Å²) in [4.78, 5) is 19.6. The van der Waals surface area contributed by atoms with Gasteiger partial charge >= 0.3 is 0 Å². The summed E-state index contributed by atoms with van der Waals surface area (Å²) in [5.74, 6) is -0.752. The summed E-state index contributed by atoms with van der Waals surface area (Å²) in [5, 5.41) is 14.5. The minimum atomic E-state index is -3.68. The maximum atomic E-state index is 14.6. The fourth-order valence-electron chi connectivity index (χ4n) is 5.80. The van der Waals surface area contributed by atoms with Crippen molar-refractivity contribution in [2.75, 3.05) is 18.8 Å². The highest BCUT2D eigenvalue weighted by Crippen LogP contribution is 2.34. The molecule has 1 aliphatic rings. The summed E-state index contributed by atoms with van der Waals surface area (Å²) in [6.45, 7) is 3.12. The van der Waals surface area contributed by atoms with Gasteiger partial charge in [0.05, 0.1) is 34.5 Å². The molecule has 12 heteroatoms. The molecule has 4 N–H and O–H groups in total. The van der Waals surface area contributed by atoms with E-state index in [0.717, 1.165) is 69.6 Å². The van der Waals surface area contributed by atoms with Gasteiger partial charge in [-0.2, -0.15) is 5.10 Å². The average Bonchev–Trinajstić information content (AvgIpc) is 3.75. The third-order valence-corrected chi connectivity index (χ3v) is 8.63.